The molecule has 2 N–H and O–H groups in total. The summed E-state index contributed by atoms with van der Waals surface area (Å²) < 4.78 is 1.13. The Labute approximate surface area is 103 Å². The van der Waals surface area contributed by atoms with Crippen molar-refractivity contribution in [3.63, 3.8) is 0 Å². The van der Waals surface area contributed by atoms with E-state index < -0.39 is 0 Å². The highest BCUT2D eigenvalue weighted by molar-refractivity contribution is 9.10. The van der Waals surface area contributed by atoms with Gasteiger partial charge in [-0.05, 0) is 18.6 Å². The summed E-state index contributed by atoms with van der Waals surface area (Å²) in [4.78, 5) is 7.67. The lowest BCUT2D eigenvalue weighted by atomic mass is 10.1. The third-order valence-corrected chi connectivity index (χ3v) is 3.31. The first-order valence-electron chi connectivity index (χ1n) is 5.17. The number of anilines is 1. The van der Waals surface area contributed by atoms with Crippen molar-refractivity contribution in [3.05, 3.63) is 45.7 Å². The molecule has 2 rings (SSSR count). The van der Waals surface area contributed by atoms with Crippen molar-refractivity contribution < 1.29 is 0 Å². The summed E-state index contributed by atoms with van der Waals surface area (Å²) in [5.41, 5.74) is 3.44. The molecule has 4 heteroatoms. The smallest absolute Gasteiger partial charge is 0.200 e. The van der Waals surface area contributed by atoms with E-state index >= 15 is 0 Å². The van der Waals surface area contributed by atoms with E-state index in [2.05, 4.69) is 43.3 Å². The van der Waals surface area contributed by atoms with Crippen LogP contribution >= 0.6 is 15.9 Å². The Bertz CT molecular complexity index is 491. The monoisotopic (exact) mass is 279 g/mol. The van der Waals surface area contributed by atoms with Crippen molar-refractivity contribution in [1.82, 2.24) is 9.97 Å². The second-order valence-corrected chi connectivity index (χ2v) is 4.53. The van der Waals surface area contributed by atoms with E-state index in [1.54, 1.807) is 0 Å². The Morgan fingerprint density at radius 3 is 2.75 bits per heavy atom. The Hall–Kier alpha value is -1.29. The maximum absolute atomic E-state index is 4.48. The number of halogens is 1. The van der Waals surface area contributed by atoms with Crippen molar-refractivity contribution in [2.45, 2.75) is 13.3 Å². The fourth-order valence-corrected chi connectivity index (χ4v) is 2.03. The predicted molar refractivity (Wildman–Crippen MR) is 69.8 cm³/mol. The second-order valence-electron chi connectivity index (χ2n) is 3.68. The van der Waals surface area contributed by atoms with Crippen LogP contribution in [-0.4, -0.2) is 17.0 Å². The van der Waals surface area contributed by atoms with E-state index in [0.29, 0.717) is 0 Å². The maximum atomic E-state index is 4.48. The molecule has 0 saturated carbocycles. The van der Waals surface area contributed by atoms with Gasteiger partial charge in [0.15, 0.2) is 5.95 Å². The molecule has 0 amide bonds. The number of hydrogen-bond donors (Lipinski definition) is 2. The molecule has 84 valence electrons. The molecule has 0 unspecified atom stereocenters. The Kier molecular flexibility index (Phi) is 3.29. The Morgan fingerprint density at radius 2 is 2.12 bits per heavy atom. The molecular weight excluding hydrogens is 266 g/mol. The van der Waals surface area contributed by atoms with Crippen LogP contribution in [0.2, 0.25) is 0 Å². The van der Waals surface area contributed by atoms with Gasteiger partial charge in [0.1, 0.15) is 0 Å². The lowest BCUT2D eigenvalue weighted by Gasteiger charge is -2.02. The molecule has 1 aromatic carbocycles. The molecule has 16 heavy (non-hydrogen) atoms. The molecule has 0 aliphatic heterocycles. The number of benzene rings is 1. The van der Waals surface area contributed by atoms with Gasteiger partial charge in [-0.1, -0.05) is 34.1 Å². The molecule has 2 aromatic rings. The third-order valence-electron chi connectivity index (χ3n) is 2.54. The van der Waals surface area contributed by atoms with Crippen LogP contribution in [-0.2, 0) is 6.42 Å². The molecule has 0 bridgehead atoms. The van der Waals surface area contributed by atoms with Gasteiger partial charge in [-0.2, -0.15) is 0 Å². The number of aromatic nitrogens is 2. The van der Waals surface area contributed by atoms with Crippen molar-refractivity contribution >= 4 is 21.9 Å². The first kappa shape index (κ1) is 11.2. The Balaban J connectivity index is 2.27. The summed E-state index contributed by atoms with van der Waals surface area (Å²) in [5.74, 6) is 0.819. The minimum Gasteiger partial charge on any atom is -0.359 e. The van der Waals surface area contributed by atoms with Crippen LogP contribution in [0.3, 0.4) is 0 Å². The van der Waals surface area contributed by atoms with Gasteiger partial charge in [-0.25, -0.2) is 4.98 Å². The van der Waals surface area contributed by atoms with Crippen LogP contribution < -0.4 is 5.32 Å². The van der Waals surface area contributed by atoms with Gasteiger partial charge < -0.3 is 10.3 Å². The molecule has 0 saturated heterocycles. The molecule has 0 atom stereocenters. The number of hydrogen-bond acceptors (Lipinski definition) is 2. The lowest BCUT2D eigenvalue weighted by Crippen LogP contribution is -1.93. The maximum Gasteiger partial charge on any atom is 0.200 e. The molecule has 1 heterocycles. The average molecular weight is 280 g/mol. The minimum atomic E-state index is 0.819. The predicted octanol–water partition coefficient (Wildman–Crippen LogP) is 3.11. The standard InChI is InChI=1S/C12H14BrN3/c1-8-11(16-12(14-2)15-8)7-9-5-3-4-6-10(9)13/h3-6H,7H2,1-2H3,(H2,14,15,16). The van der Waals surface area contributed by atoms with Crippen molar-refractivity contribution in [1.29, 1.82) is 0 Å². The Morgan fingerprint density at radius 1 is 1.38 bits per heavy atom. The highest BCUT2D eigenvalue weighted by atomic mass is 79.9. The van der Waals surface area contributed by atoms with E-state index in [9.17, 15) is 0 Å². The molecule has 3 nitrogen and oxygen atoms in total. The van der Waals surface area contributed by atoms with Gasteiger partial charge in [0.2, 0.25) is 0 Å². The van der Waals surface area contributed by atoms with E-state index in [-0.39, 0.29) is 0 Å². The third kappa shape index (κ3) is 2.27. The lowest BCUT2D eigenvalue weighted by molar-refractivity contribution is 1.07. The SMILES string of the molecule is CNc1nc(Cc2ccccc2Br)c(C)[nH]1. The first-order chi connectivity index (χ1) is 7.70. The van der Waals surface area contributed by atoms with Crippen LogP contribution in [0.5, 0.6) is 0 Å². The molecular formula is C12H14BrN3. The fourth-order valence-electron chi connectivity index (χ4n) is 1.61. The molecule has 0 aliphatic carbocycles. The van der Waals surface area contributed by atoms with Crippen LogP contribution in [0.15, 0.2) is 28.7 Å². The number of rotatable bonds is 3. The summed E-state index contributed by atoms with van der Waals surface area (Å²) in [5, 5.41) is 3.01. The molecule has 0 fully saturated rings. The van der Waals surface area contributed by atoms with E-state index in [4.69, 9.17) is 0 Å². The number of H-pyrrole nitrogens is 1. The zero-order valence-electron chi connectivity index (χ0n) is 9.34. The molecule has 0 radical (unpaired) electrons. The summed E-state index contributed by atoms with van der Waals surface area (Å²) in [6.45, 7) is 2.04. The minimum absolute atomic E-state index is 0.819. The van der Waals surface area contributed by atoms with Gasteiger partial charge >= 0.3 is 0 Å². The summed E-state index contributed by atoms with van der Waals surface area (Å²) in [7, 11) is 1.86. The van der Waals surface area contributed by atoms with Crippen LogP contribution in [0.1, 0.15) is 17.0 Å². The molecule has 0 aliphatic rings. The quantitative estimate of drug-likeness (QED) is 0.907. The second kappa shape index (κ2) is 4.70. The zero-order valence-corrected chi connectivity index (χ0v) is 10.9. The number of aryl methyl sites for hydroxylation is 1. The highest BCUT2D eigenvalue weighted by Crippen LogP contribution is 2.20. The zero-order chi connectivity index (χ0) is 11.5. The van der Waals surface area contributed by atoms with Crippen molar-refractivity contribution in [3.8, 4) is 0 Å². The normalized spacial score (nSPS) is 10.4. The topological polar surface area (TPSA) is 40.7 Å². The van der Waals surface area contributed by atoms with Crippen LogP contribution in [0.25, 0.3) is 0 Å². The largest absolute Gasteiger partial charge is 0.359 e. The van der Waals surface area contributed by atoms with Gasteiger partial charge in [-0.15, -0.1) is 0 Å². The van der Waals surface area contributed by atoms with Crippen molar-refractivity contribution in [2.75, 3.05) is 12.4 Å². The number of nitrogens with one attached hydrogen (secondary N) is 2. The first-order valence-corrected chi connectivity index (χ1v) is 5.96. The number of nitrogens with zero attached hydrogens (tertiary/aromatic N) is 1. The molecule has 0 spiro atoms. The number of imidazole rings is 1. The highest BCUT2D eigenvalue weighted by Gasteiger charge is 2.08. The van der Waals surface area contributed by atoms with Crippen molar-refractivity contribution in [2.24, 2.45) is 0 Å². The van der Waals surface area contributed by atoms with Crippen LogP contribution in [0, 0.1) is 6.92 Å². The summed E-state index contributed by atoms with van der Waals surface area (Å²) >= 11 is 3.55. The fraction of sp³-hybridized carbons (Fsp3) is 0.250. The van der Waals surface area contributed by atoms with Gasteiger partial charge in [-0.3, -0.25) is 0 Å². The van der Waals surface area contributed by atoms with Crippen LogP contribution in [0.4, 0.5) is 5.95 Å². The van der Waals surface area contributed by atoms with Gasteiger partial charge in [0.25, 0.3) is 0 Å². The summed E-state index contributed by atoms with van der Waals surface area (Å²) in [6, 6.07) is 8.22. The number of aromatic amines is 1. The van der Waals surface area contributed by atoms with Gasteiger partial charge in [0.05, 0.1) is 5.69 Å². The van der Waals surface area contributed by atoms with E-state index in [0.717, 1.165) is 28.2 Å². The van der Waals surface area contributed by atoms with Gasteiger partial charge in [0, 0.05) is 23.6 Å². The van der Waals surface area contributed by atoms with E-state index in [1.165, 1.54) is 5.56 Å². The summed E-state index contributed by atoms with van der Waals surface area (Å²) in [6.07, 6.45) is 0.839. The molecule has 1 aromatic heterocycles. The van der Waals surface area contributed by atoms with E-state index in [1.807, 2.05) is 26.1 Å². The average Bonchev–Trinajstić information content (AvgIpc) is 2.63.